The van der Waals surface area contributed by atoms with Gasteiger partial charge in [-0.25, -0.2) is 0 Å². The number of carbonyl (C=O) groups is 1. The molecule has 1 unspecified atom stereocenters. The van der Waals surface area contributed by atoms with Crippen LogP contribution in [-0.4, -0.2) is 62.8 Å². The zero-order valence-electron chi connectivity index (χ0n) is 11.8. The molecule has 116 valence electrons. The van der Waals surface area contributed by atoms with E-state index in [1.807, 2.05) is 0 Å². The summed E-state index contributed by atoms with van der Waals surface area (Å²) in [6.45, 7) is 10.2. The Kier molecular flexibility index (Phi) is 14.5. The van der Waals surface area contributed by atoms with Gasteiger partial charge in [-0.3, -0.25) is 4.79 Å². The van der Waals surface area contributed by atoms with E-state index in [0.29, 0.717) is 13.2 Å². The van der Waals surface area contributed by atoms with Gasteiger partial charge in [0.05, 0.1) is 13.2 Å². The fourth-order valence-corrected chi connectivity index (χ4v) is 1.91. The fourth-order valence-electron chi connectivity index (χ4n) is 1.91. The molecule has 0 aromatic carbocycles. The Labute approximate surface area is 128 Å². The third-order valence-corrected chi connectivity index (χ3v) is 3.08. The number of hydrogen-bond donors (Lipinski definition) is 2. The summed E-state index contributed by atoms with van der Waals surface area (Å²) in [6, 6.07) is -0.169. The second-order valence-corrected chi connectivity index (χ2v) is 4.25. The van der Waals surface area contributed by atoms with Crippen molar-refractivity contribution in [3.05, 3.63) is 0 Å². The monoisotopic (exact) mass is 315 g/mol. The minimum absolute atomic E-state index is 0. The average molecular weight is 316 g/mol. The summed E-state index contributed by atoms with van der Waals surface area (Å²) < 4.78 is 5.25. The van der Waals surface area contributed by atoms with Crippen molar-refractivity contribution >= 4 is 30.7 Å². The Bertz CT molecular complexity index is 223. The Morgan fingerprint density at radius 1 is 1.37 bits per heavy atom. The number of hydrogen-bond acceptors (Lipinski definition) is 4. The van der Waals surface area contributed by atoms with Crippen molar-refractivity contribution in [2.45, 2.75) is 26.3 Å². The Morgan fingerprint density at radius 3 is 2.58 bits per heavy atom. The van der Waals surface area contributed by atoms with Gasteiger partial charge < -0.3 is 20.3 Å². The van der Waals surface area contributed by atoms with Gasteiger partial charge in [0, 0.05) is 13.1 Å². The van der Waals surface area contributed by atoms with Crippen LogP contribution in [0.25, 0.3) is 0 Å². The second-order valence-electron chi connectivity index (χ2n) is 4.25. The minimum Gasteiger partial charge on any atom is -0.378 e. The minimum atomic E-state index is -0.169. The molecule has 0 radical (unpaired) electrons. The molecule has 1 atom stereocenters. The van der Waals surface area contributed by atoms with Crippen LogP contribution in [0.5, 0.6) is 0 Å². The summed E-state index contributed by atoms with van der Waals surface area (Å²) in [5.41, 5.74) is 0. The first-order valence-electron chi connectivity index (χ1n) is 6.59. The maximum Gasteiger partial charge on any atom is 0.239 e. The van der Waals surface area contributed by atoms with Crippen molar-refractivity contribution < 1.29 is 9.53 Å². The molecule has 7 heteroatoms. The number of halogens is 2. The Morgan fingerprint density at radius 2 is 2.05 bits per heavy atom. The molecule has 0 bridgehead atoms. The van der Waals surface area contributed by atoms with Gasteiger partial charge in [-0.2, -0.15) is 0 Å². The van der Waals surface area contributed by atoms with Gasteiger partial charge in [0.1, 0.15) is 6.04 Å². The molecule has 19 heavy (non-hydrogen) atoms. The van der Waals surface area contributed by atoms with Gasteiger partial charge >= 0.3 is 0 Å². The molecule has 1 amide bonds. The summed E-state index contributed by atoms with van der Waals surface area (Å²) >= 11 is 0. The molecule has 0 aromatic heterocycles. The number of ether oxygens (including phenoxy) is 1. The van der Waals surface area contributed by atoms with E-state index in [0.717, 1.165) is 39.1 Å². The van der Waals surface area contributed by atoms with Crippen molar-refractivity contribution in [2.24, 2.45) is 0 Å². The quantitative estimate of drug-likeness (QED) is 0.678. The van der Waals surface area contributed by atoms with Crippen LogP contribution in [0.15, 0.2) is 0 Å². The zero-order valence-corrected chi connectivity index (χ0v) is 13.4. The van der Waals surface area contributed by atoms with E-state index < -0.39 is 0 Å². The highest BCUT2D eigenvalue weighted by atomic mass is 35.5. The Balaban J connectivity index is 0. The van der Waals surface area contributed by atoms with Crippen molar-refractivity contribution in [1.82, 2.24) is 15.5 Å². The second kappa shape index (κ2) is 12.9. The molecule has 0 spiro atoms. The lowest BCUT2D eigenvalue weighted by molar-refractivity contribution is -0.125. The predicted octanol–water partition coefficient (Wildman–Crippen LogP) is 0.666. The first-order chi connectivity index (χ1) is 8.27. The van der Waals surface area contributed by atoms with E-state index in [2.05, 4.69) is 29.4 Å². The summed E-state index contributed by atoms with van der Waals surface area (Å²) in [4.78, 5) is 14.1. The van der Waals surface area contributed by atoms with Crippen LogP contribution in [0.1, 0.15) is 20.3 Å². The van der Waals surface area contributed by atoms with Crippen LogP contribution in [0.3, 0.4) is 0 Å². The third kappa shape index (κ3) is 8.65. The van der Waals surface area contributed by atoms with E-state index in [4.69, 9.17) is 4.74 Å². The lowest BCUT2D eigenvalue weighted by atomic mass is 10.2. The maximum atomic E-state index is 11.7. The number of amides is 1. The molecular formula is C12H27Cl2N3O2. The van der Waals surface area contributed by atoms with E-state index >= 15 is 0 Å². The van der Waals surface area contributed by atoms with Gasteiger partial charge in [-0.05, 0) is 26.1 Å². The topological polar surface area (TPSA) is 53.6 Å². The Hall–Kier alpha value is -0.0700. The molecule has 0 aromatic rings. The van der Waals surface area contributed by atoms with Crippen LogP contribution in [0.2, 0.25) is 0 Å². The van der Waals surface area contributed by atoms with E-state index in [-0.39, 0.29) is 36.8 Å². The van der Waals surface area contributed by atoms with Gasteiger partial charge in [-0.15, -0.1) is 24.8 Å². The molecule has 5 nitrogen and oxygen atoms in total. The highest BCUT2D eigenvalue weighted by Crippen LogP contribution is 1.94. The first kappa shape index (κ1) is 21.2. The maximum absolute atomic E-state index is 11.7. The van der Waals surface area contributed by atoms with E-state index in [1.165, 1.54) is 0 Å². The molecular weight excluding hydrogens is 289 g/mol. The number of morpholine rings is 1. The summed E-state index contributed by atoms with van der Waals surface area (Å²) in [6.07, 6.45) is 1.00. The van der Waals surface area contributed by atoms with Crippen molar-refractivity contribution in [1.29, 1.82) is 0 Å². The molecule has 1 fully saturated rings. The lowest BCUT2D eigenvalue weighted by Gasteiger charge is -2.23. The lowest BCUT2D eigenvalue weighted by Crippen LogP contribution is -2.51. The molecule has 2 N–H and O–H groups in total. The van der Waals surface area contributed by atoms with Gasteiger partial charge in [0.15, 0.2) is 0 Å². The van der Waals surface area contributed by atoms with Crippen LogP contribution in [-0.2, 0) is 9.53 Å². The SMILES string of the molecule is CCN(CC)CCCNC(=O)C1COCCN1.Cl.Cl. The van der Waals surface area contributed by atoms with Crippen molar-refractivity contribution in [3.8, 4) is 0 Å². The molecule has 1 saturated heterocycles. The summed E-state index contributed by atoms with van der Waals surface area (Å²) in [5.74, 6) is 0.0595. The van der Waals surface area contributed by atoms with Gasteiger partial charge in [0.25, 0.3) is 0 Å². The summed E-state index contributed by atoms with van der Waals surface area (Å²) in [7, 11) is 0. The van der Waals surface area contributed by atoms with E-state index in [1.54, 1.807) is 0 Å². The summed E-state index contributed by atoms with van der Waals surface area (Å²) in [5, 5.41) is 6.09. The van der Waals surface area contributed by atoms with Crippen molar-refractivity contribution in [3.63, 3.8) is 0 Å². The van der Waals surface area contributed by atoms with Crippen LogP contribution in [0, 0.1) is 0 Å². The van der Waals surface area contributed by atoms with Crippen LogP contribution in [0.4, 0.5) is 0 Å². The zero-order chi connectivity index (χ0) is 12.5. The van der Waals surface area contributed by atoms with Gasteiger partial charge in [0.2, 0.25) is 5.91 Å². The smallest absolute Gasteiger partial charge is 0.239 e. The largest absolute Gasteiger partial charge is 0.378 e. The van der Waals surface area contributed by atoms with Crippen molar-refractivity contribution in [2.75, 3.05) is 45.9 Å². The molecule has 1 heterocycles. The normalized spacial score (nSPS) is 18.4. The average Bonchev–Trinajstić information content (AvgIpc) is 2.40. The van der Waals surface area contributed by atoms with Crippen LogP contribution < -0.4 is 10.6 Å². The molecule has 1 aliphatic heterocycles. The van der Waals surface area contributed by atoms with E-state index in [9.17, 15) is 4.79 Å². The first-order valence-corrected chi connectivity index (χ1v) is 6.59. The molecule has 0 saturated carbocycles. The third-order valence-electron chi connectivity index (χ3n) is 3.08. The number of nitrogens with one attached hydrogen (secondary N) is 2. The predicted molar refractivity (Wildman–Crippen MR) is 82.5 cm³/mol. The molecule has 1 rings (SSSR count). The van der Waals surface area contributed by atoms with Gasteiger partial charge in [-0.1, -0.05) is 13.8 Å². The fraction of sp³-hybridized carbons (Fsp3) is 0.917. The number of nitrogens with zero attached hydrogens (tertiary/aromatic N) is 1. The highest BCUT2D eigenvalue weighted by molar-refractivity contribution is 5.85. The molecule has 1 aliphatic rings. The standard InChI is InChI=1S/C12H25N3O2.2ClH/c1-3-15(4-2)8-5-6-14-12(16)11-10-17-9-7-13-11;;/h11,13H,3-10H2,1-2H3,(H,14,16);2*1H. The van der Waals surface area contributed by atoms with Crippen LogP contribution >= 0.6 is 24.8 Å². The highest BCUT2D eigenvalue weighted by Gasteiger charge is 2.20. The number of rotatable bonds is 7. The number of carbonyl (C=O) groups excluding carboxylic acids is 1. The molecule has 0 aliphatic carbocycles.